The Labute approximate surface area is 167 Å². The average molecular weight is 469 g/mol. The van der Waals surface area contributed by atoms with Crippen molar-refractivity contribution in [1.82, 2.24) is 10.2 Å². The van der Waals surface area contributed by atoms with Gasteiger partial charge in [-0.05, 0) is 18.8 Å². The summed E-state index contributed by atoms with van der Waals surface area (Å²) >= 11 is 0. The summed E-state index contributed by atoms with van der Waals surface area (Å²) in [6, 6.07) is 0. The van der Waals surface area contributed by atoms with Crippen molar-refractivity contribution in [1.29, 1.82) is 0 Å². The number of nitrogens with one attached hydrogen (secondary N) is 1. The minimum atomic E-state index is -0.134. The van der Waals surface area contributed by atoms with Gasteiger partial charge in [-0.3, -0.25) is 9.79 Å². The number of hydrogen-bond donors (Lipinski definition) is 1. The number of guanidine groups is 1. The van der Waals surface area contributed by atoms with Crippen molar-refractivity contribution in [2.75, 3.05) is 60.2 Å². The maximum Gasteiger partial charge on any atom is 0.310 e. The van der Waals surface area contributed by atoms with Crippen LogP contribution < -0.4 is 5.32 Å². The van der Waals surface area contributed by atoms with Crippen molar-refractivity contribution < 1.29 is 19.0 Å². The van der Waals surface area contributed by atoms with E-state index in [2.05, 4.69) is 22.1 Å². The molecule has 0 saturated carbocycles. The Balaban J connectivity index is 0.00000312. The van der Waals surface area contributed by atoms with Gasteiger partial charge in [0.1, 0.15) is 0 Å². The van der Waals surface area contributed by atoms with E-state index in [-0.39, 0.29) is 41.8 Å². The number of ether oxygens (including phenoxy) is 3. The van der Waals surface area contributed by atoms with Crippen LogP contribution in [-0.4, -0.2) is 77.0 Å². The summed E-state index contributed by atoms with van der Waals surface area (Å²) in [5.41, 5.74) is 0. The lowest BCUT2D eigenvalue weighted by molar-refractivity contribution is -0.145. The summed E-state index contributed by atoms with van der Waals surface area (Å²) in [6.45, 7) is 7.59. The fourth-order valence-electron chi connectivity index (χ4n) is 3.27. The van der Waals surface area contributed by atoms with Gasteiger partial charge in [-0.2, -0.15) is 0 Å². The topological polar surface area (TPSA) is 72.4 Å². The highest BCUT2D eigenvalue weighted by atomic mass is 127. The minimum absolute atomic E-state index is 0. The van der Waals surface area contributed by atoms with E-state index in [0.717, 1.165) is 58.3 Å². The van der Waals surface area contributed by atoms with Crippen LogP contribution >= 0.6 is 24.0 Å². The maximum absolute atomic E-state index is 11.8. The molecule has 2 heterocycles. The summed E-state index contributed by atoms with van der Waals surface area (Å²) in [7, 11) is 3.22. The predicted molar refractivity (Wildman–Crippen MR) is 107 cm³/mol. The molecule has 3 unspecified atom stereocenters. The van der Waals surface area contributed by atoms with Crippen LogP contribution in [0.5, 0.6) is 0 Å². The standard InChI is InChI=1S/C17H31N3O4.HI/c1-13-9-20(10-15(13)16(21)22-3)17(18-2)19-6-4-7-23-11-14-5-8-24-12-14;/h13-15H,4-12H2,1-3H3,(H,18,19);1H. The zero-order valence-corrected chi connectivity index (χ0v) is 17.9. The van der Waals surface area contributed by atoms with Gasteiger partial charge in [0, 0.05) is 45.8 Å². The van der Waals surface area contributed by atoms with Gasteiger partial charge < -0.3 is 24.4 Å². The molecule has 0 aliphatic carbocycles. The van der Waals surface area contributed by atoms with Crippen LogP contribution in [-0.2, 0) is 19.0 Å². The Morgan fingerprint density at radius 3 is 2.84 bits per heavy atom. The van der Waals surface area contributed by atoms with Gasteiger partial charge in [0.2, 0.25) is 0 Å². The summed E-state index contributed by atoms with van der Waals surface area (Å²) in [6.07, 6.45) is 2.04. The molecule has 1 N–H and O–H groups in total. The van der Waals surface area contributed by atoms with E-state index in [9.17, 15) is 4.79 Å². The van der Waals surface area contributed by atoms with Gasteiger partial charge in [0.05, 0.1) is 26.2 Å². The zero-order valence-electron chi connectivity index (χ0n) is 15.5. The fourth-order valence-corrected chi connectivity index (χ4v) is 3.27. The van der Waals surface area contributed by atoms with E-state index in [1.807, 2.05) is 0 Å². The van der Waals surface area contributed by atoms with Gasteiger partial charge in [-0.25, -0.2) is 0 Å². The van der Waals surface area contributed by atoms with Gasteiger partial charge in [-0.15, -0.1) is 24.0 Å². The van der Waals surface area contributed by atoms with Crippen molar-refractivity contribution in [2.24, 2.45) is 22.7 Å². The fraction of sp³-hybridized carbons (Fsp3) is 0.882. The number of nitrogens with zero attached hydrogens (tertiary/aromatic N) is 2. The normalized spacial score (nSPS) is 26.4. The Kier molecular flexibility index (Phi) is 10.7. The molecule has 2 saturated heterocycles. The first-order chi connectivity index (χ1) is 11.7. The third kappa shape index (κ3) is 6.90. The Morgan fingerprint density at radius 2 is 2.20 bits per heavy atom. The number of methoxy groups -OCH3 is 1. The second-order valence-electron chi connectivity index (χ2n) is 6.64. The summed E-state index contributed by atoms with van der Waals surface area (Å²) in [4.78, 5) is 18.2. The maximum atomic E-state index is 11.8. The molecule has 0 spiro atoms. The predicted octanol–water partition coefficient (Wildman–Crippen LogP) is 1.36. The SMILES string of the molecule is CN=C(NCCCOCC1CCOC1)N1CC(C)C(C(=O)OC)C1.I. The highest BCUT2D eigenvalue weighted by molar-refractivity contribution is 14.0. The summed E-state index contributed by atoms with van der Waals surface area (Å²) in [5.74, 6) is 1.47. The van der Waals surface area contributed by atoms with Crippen molar-refractivity contribution in [3.8, 4) is 0 Å². The molecular formula is C17H32IN3O4. The molecule has 2 aliphatic rings. The molecule has 25 heavy (non-hydrogen) atoms. The molecule has 0 aromatic carbocycles. The Hall–Kier alpha value is -0.610. The number of carbonyl (C=O) groups is 1. The largest absolute Gasteiger partial charge is 0.469 e. The molecule has 0 aromatic heterocycles. The zero-order chi connectivity index (χ0) is 17.4. The molecule has 7 nitrogen and oxygen atoms in total. The van der Waals surface area contributed by atoms with Gasteiger partial charge >= 0.3 is 5.97 Å². The number of hydrogen-bond acceptors (Lipinski definition) is 5. The van der Waals surface area contributed by atoms with Gasteiger partial charge in [0.25, 0.3) is 0 Å². The van der Waals surface area contributed by atoms with E-state index in [1.165, 1.54) is 7.11 Å². The van der Waals surface area contributed by atoms with Crippen LogP contribution in [0.3, 0.4) is 0 Å². The number of rotatable bonds is 7. The second kappa shape index (κ2) is 11.9. The van der Waals surface area contributed by atoms with Gasteiger partial charge in [0.15, 0.2) is 5.96 Å². The van der Waals surface area contributed by atoms with Crippen molar-refractivity contribution in [3.63, 3.8) is 0 Å². The Morgan fingerprint density at radius 1 is 1.40 bits per heavy atom. The summed E-state index contributed by atoms with van der Waals surface area (Å²) in [5, 5.41) is 3.36. The molecule has 0 amide bonds. The highest BCUT2D eigenvalue weighted by Gasteiger charge is 2.36. The molecule has 2 rings (SSSR count). The van der Waals surface area contributed by atoms with E-state index < -0.39 is 0 Å². The second-order valence-corrected chi connectivity index (χ2v) is 6.64. The molecule has 2 fully saturated rings. The van der Waals surface area contributed by atoms with Crippen LogP contribution in [0.25, 0.3) is 0 Å². The van der Waals surface area contributed by atoms with E-state index in [0.29, 0.717) is 12.5 Å². The van der Waals surface area contributed by atoms with Crippen LogP contribution in [0.1, 0.15) is 19.8 Å². The lowest BCUT2D eigenvalue weighted by atomic mass is 9.99. The number of esters is 1. The number of carbonyl (C=O) groups excluding carboxylic acids is 1. The molecule has 0 radical (unpaired) electrons. The van der Waals surface area contributed by atoms with Crippen molar-refractivity contribution in [3.05, 3.63) is 0 Å². The lowest BCUT2D eigenvalue weighted by Gasteiger charge is -2.21. The van der Waals surface area contributed by atoms with Crippen molar-refractivity contribution >= 4 is 35.9 Å². The first kappa shape index (κ1) is 22.4. The monoisotopic (exact) mass is 469 g/mol. The average Bonchev–Trinajstić information content (AvgIpc) is 3.23. The number of likely N-dealkylation sites (tertiary alicyclic amines) is 1. The molecule has 146 valence electrons. The third-order valence-corrected chi connectivity index (χ3v) is 4.75. The van der Waals surface area contributed by atoms with Crippen LogP contribution in [0.2, 0.25) is 0 Å². The molecule has 0 bridgehead atoms. The van der Waals surface area contributed by atoms with E-state index in [1.54, 1.807) is 7.05 Å². The van der Waals surface area contributed by atoms with Crippen LogP contribution in [0.15, 0.2) is 4.99 Å². The highest BCUT2D eigenvalue weighted by Crippen LogP contribution is 2.24. The van der Waals surface area contributed by atoms with E-state index in [4.69, 9.17) is 14.2 Å². The quantitative estimate of drug-likeness (QED) is 0.200. The Bertz CT molecular complexity index is 430. The minimum Gasteiger partial charge on any atom is -0.469 e. The third-order valence-electron chi connectivity index (χ3n) is 4.75. The van der Waals surface area contributed by atoms with Crippen LogP contribution in [0.4, 0.5) is 0 Å². The van der Waals surface area contributed by atoms with Gasteiger partial charge in [-0.1, -0.05) is 6.92 Å². The van der Waals surface area contributed by atoms with E-state index >= 15 is 0 Å². The molecular weight excluding hydrogens is 437 g/mol. The van der Waals surface area contributed by atoms with Crippen molar-refractivity contribution in [2.45, 2.75) is 19.8 Å². The lowest BCUT2D eigenvalue weighted by Crippen LogP contribution is -2.41. The molecule has 0 aromatic rings. The molecule has 3 atom stereocenters. The number of aliphatic imine (C=N–C) groups is 1. The first-order valence-corrected chi connectivity index (χ1v) is 8.84. The first-order valence-electron chi connectivity index (χ1n) is 8.84. The summed E-state index contributed by atoms with van der Waals surface area (Å²) < 4.78 is 15.9. The smallest absolute Gasteiger partial charge is 0.310 e. The van der Waals surface area contributed by atoms with Crippen LogP contribution in [0, 0.1) is 17.8 Å². The number of halogens is 1. The molecule has 8 heteroatoms. The molecule has 2 aliphatic heterocycles.